The van der Waals surface area contributed by atoms with Gasteiger partial charge in [-0.2, -0.15) is 0 Å². The Kier molecular flexibility index (Phi) is 5.00. The van der Waals surface area contributed by atoms with Crippen molar-refractivity contribution >= 4 is 28.1 Å². The Morgan fingerprint density at radius 1 is 1.50 bits per heavy atom. The Labute approximate surface area is 139 Å². The molecule has 0 aromatic heterocycles. The van der Waals surface area contributed by atoms with E-state index in [2.05, 4.69) is 5.32 Å². The summed E-state index contributed by atoms with van der Waals surface area (Å²) < 4.78 is 24.8. The van der Waals surface area contributed by atoms with Crippen LogP contribution < -0.4 is 5.32 Å². The Hall–Kier alpha value is -1.94. The first kappa shape index (κ1) is 18.4. The number of aliphatic hydroxyl groups excluding tert-OH is 1. The number of β-lactam (4-membered cyclic amide) rings is 1. The largest absolute Gasteiger partial charge is 0.477 e. The average Bonchev–Trinajstić information content (AvgIpc) is 2.77. The highest BCUT2D eigenvalue weighted by Gasteiger charge is 2.56. The van der Waals surface area contributed by atoms with Crippen LogP contribution in [0.1, 0.15) is 20.3 Å². The SMILES string of the molecule is CC(O)C1C(=O)N2C(C(=O)O)=C(CS(=O)(=O)C(C)CNC=N)CC12. The molecule has 2 aliphatic rings. The van der Waals surface area contributed by atoms with Crippen LogP contribution in [0.5, 0.6) is 0 Å². The molecular weight excluding hydrogens is 338 g/mol. The number of nitrogens with zero attached hydrogens (tertiary/aromatic N) is 1. The predicted octanol–water partition coefficient (Wildman–Crippen LogP) is -1.06. The summed E-state index contributed by atoms with van der Waals surface area (Å²) in [6.45, 7) is 2.98. The summed E-state index contributed by atoms with van der Waals surface area (Å²) in [5, 5.41) is 27.6. The molecule has 2 rings (SSSR count). The van der Waals surface area contributed by atoms with Crippen molar-refractivity contribution in [1.29, 1.82) is 5.41 Å². The second-order valence-corrected chi connectivity index (χ2v) is 8.59. The number of aliphatic hydroxyl groups is 1. The smallest absolute Gasteiger partial charge is 0.352 e. The lowest BCUT2D eigenvalue weighted by atomic mass is 9.83. The maximum atomic E-state index is 12.4. The maximum absolute atomic E-state index is 12.4. The topological polar surface area (TPSA) is 148 Å². The van der Waals surface area contributed by atoms with Crippen molar-refractivity contribution < 1.29 is 28.2 Å². The number of sulfone groups is 1. The fraction of sp³-hybridized carbons (Fsp3) is 0.643. The lowest BCUT2D eigenvalue weighted by Gasteiger charge is -2.44. The van der Waals surface area contributed by atoms with Gasteiger partial charge >= 0.3 is 5.97 Å². The molecule has 2 heterocycles. The number of aliphatic carboxylic acids is 1. The number of amides is 1. The standard InChI is InChI=1S/C14H21N3O6S/c1-7(4-16-6-15)24(22,23)5-9-3-10-11(8(2)18)13(19)17(10)12(9)14(20)21/h6-8,10-11,18H,3-5H2,1-2H3,(H2,15,16)(H,20,21). The van der Waals surface area contributed by atoms with Gasteiger partial charge in [0.25, 0.3) is 0 Å². The van der Waals surface area contributed by atoms with Crippen molar-refractivity contribution in [2.24, 2.45) is 5.92 Å². The van der Waals surface area contributed by atoms with E-state index < -0.39 is 50.8 Å². The number of fused-ring (bicyclic) bond motifs is 1. The van der Waals surface area contributed by atoms with Crippen molar-refractivity contribution in [2.45, 2.75) is 37.7 Å². The van der Waals surface area contributed by atoms with E-state index in [9.17, 15) is 28.2 Å². The molecule has 10 heteroatoms. The highest BCUT2D eigenvalue weighted by molar-refractivity contribution is 7.92. The number of rotatable bonds is 8. The molecular formula is C14H21N3O6S. The molecule has 0 spiro atoms. The highest BCUT2D eigenvalue weighted by atomic mass is 32.2. The molecule has 1 amide bonds. The van der Waals surface area contributed by atoms with Gasteiger partial charge in [0.1, 0.15) is 5.70 Å². The normalized spacial score (nSPS) is 25.8. The minimum atomic E-state index is -3.64. The van der Waals surface area contributed by atoms with E-state index in [-0.39, 0.29) is 24.2 Å². The third-order valence-electron chi connectivity index (χ3n) is 4.52. The van der Waals surface area contributed by atoms with Gasteiger partial charge in [-0.1, -0.05) is 0 Å². The van der Waals surface area contributed by atoms with E-state index in [0.29, 0.717) is 0 Å². The first-order chi connectivity index (χ1) is 11.1. The average molecular weight is 359 g/mol. The van der Waals surface area contributed by atoms with Gasteiger partial charge in [-0.25, -0.2) is 13.2 Å². The van der Waals surface area contributed by atoms with Crippen molar-refractivity contribution in [2.75, 3.05) is 12.3 Å². The van der Waals surface area contributed by atoms with Gasteiger partial charge < -0.3 is 20.4 Å². The molecule has 0 aromatic carbocycles. The van der Waals surface area contributed by atoms with Crippen molar-refractivity contribution in [3.63, 3.8) is 0 Å². The van der Waals surface area contributed by atoms with Crippen LogP contribution in [0.2, 0.25) is 0 Å². The Morgan fingerprint density at radius 2 is 2.12 bits per heavy atom. The quantitative estimate of drug-likeness (QED) is 0.245. The van der Waals surface area contributed by atoms with Crippen molar-refractivity contribution in [1.82, 2.24) is 10.2 Å². The molecule has 4 unspecified atom stereocenters. The number of hydrogen-bond acceptors (Lipinski definition) is 6. The maximum Gasteiger partial charge on any atom is 0.352 e. The van der Waals surface area contributed by atoms with E-state index in [1.807, 2.05) is 0 Å². The lowest BCUT2D eigenvalue weighted by Crippen LogP contribution is -2.61. The molecule has 0 bridgehead atoms. The van der Waals surface area contributed by atoms with E-state index in [1.165, 1.54) is 13.8 Å². The molecule has 24 heavy (non-hydrogen) atoms. The van der Waals surface area contributed by atoms with Crippen LogP contribution in [-0.4, -0.2) is 71.4 Å². The second kappa shape index (κ2) is 6.52. The van der Waals surface area contributed by atoms with Crippen LogP contribution in [0.4, 0.5) is 0 Å². The third-order valence-corrected chi connectivity index (χ3v) is 6.66. The van der Waals surface area contributed by atoms with Gasteiger partial charge in [-0.3, -0.25) is 10.2 Å². The molecule has 134 valence electrons. The van der Waals surface area contributed by atoms with E-state index in [0.717, 1.165) is 11.2 Å². The van der Waals surface area contributed by atoms with Gasteiger partial charge in [-0.15, -0.1) is 0 Å². The second-order valence-electron chi connectivity index (χ2n) is 6.17. The fourth-order valence-electron chi connectivity index (χ4n) is 3.23. The summed E-state index contributed by atoms with van der Waals surface area (Å²) in [5.41, 5.74) is -0.0941. The molecule has 1 saturated heterocycles. The minimum absolute atomic E-state index is 0.0455. The van der Waals surface area contributed by atoms with E-state index in [4.69, 9.17) is 5.41 Å². The van der Waals surface area contributed by atoms with Gasteiger partial charge in [-0.05, 0) is 25.8 Å². The zero-order valence-corrected chi connectivity index (χ0v) is 14.2. The summed E-state index contributed by atoms with van der Waals surface area (Å²) in [5.74, 6) is -2.98. The van der Waals surface area contributed by atoms with Crippen LogP contribution >= 0.6 is 0 Å². The number of carbonyl (C=O) groups is 2. The zero-order valence-electron chi connectivity index (χ0n) is 13.4. The zero-order chi connectivity index (χ0) is 18.2. The number of carbonyl (C=O) groups excluding carboxylic acids is 1. The molecule has 0 radical (unpaired) electrons. The summed E-state index contributed by atoms with van der Waals surface area (Å²) in [6, 6.07) is -0.496. The first-order valence-electron chi connectivity index (χ1n) is 7.52. The molecule has 0 saturated carbocycles. The molecule has 1 fully saturated rings. The number of nitrogens with one attached hydrogen (secondary N) is 2. The Balaban J connectivity index is 2.25. The molecule has 9 nitrogen and oxygen atoms in total. The number of carboxylic acid groups (broad SMARTS) is 1. The lowest BCUT2D eigenvalue weighted by molar-refractivity contribution is -0.161. The highest BCUT2D eigenvalue weighted by Crippen LogP contribution is 2.44. The van der Waals surface area contributed by atoms with Gasteiger partial charge in [0.05, 0.1) is 35.4 Å². The summed E-state index contributed by atoms with van der Waals surface area (Å²) in [6.07, 6.45) is 0.106. The minimum Gasteiger partial charge on any atom is -0.477 e. The summed E-state index contributed by atoms with van der Waals surface area (Å²) in [4.78, 5) is 24.7. The van der Waals surface area contributed by atoms with Crippen LogP contribution in [0.25, 0.3) is 0 Å². The Bertz CT molecular complexity index is 699. The Morgan fingerprint density at radius 3 is 2.62 bits per heavy atom. The molecule has 4 N–H and O–H groups in total. The first-order valence-corrected chi connectivity index (χ1v) is 9.23. The monoisotopic (exact) mass is 359 g/mol. The molecule has 4 atom stereocenters. The van der Waals surface area contributed by atoms with Crippen molar-refractivity contribution in [3.05, 3.63) is 11.3 Å². The molecule has 0 aromatic rings. The summed E-state index contributed by atoms with van der Waals surface area (Å²) >= 11 is 0. The van der Waals surface area contributed by atoms with Crippen LogP contribution in [-0.2, 0) is 19.4 Å². The third kappa shape index (κ3) is 3.03. The van der Waals surface area contributed by atoms with Gasteiger partial charge in [0.2, 0.25) is 5.91 Å². The number of hydrogen-bond donors (Lipinski definition) is 4. The van der Waals surface area contributed by atoms with Gasteiger partial charge in [0, 0.05) is 6.54 Å². The fourth-order valence-corrected chi connectivity index (χ4v) is 4.60. The van der Waals surface area contributed by atoms with Gasteiger partial charge in [0.15, 0.2) is 9.84 Å². The van der Waals surface area contributed by atoms with Crippen molar-refractivity contribution in [3.8, 4) is 0 Å². The molecule has 2 aliphatic heterocycles. The summed E-state index contributed by atoms with van der Waals surface area (Å²) in [7, 11) is -3.64. The van der Waals surface area contributed by atoms with Crippen LogP contribution in [0.15, 0.2) is 11.3 Å². The molecule has 0 aliphatic carbocycles. The predicted molar refractivity (Wildman–Crippen MR) is 85.1 cm³/mol. The van der Waals surface area contributed by atoms with Crippen LogP contribution in [0.3, 0.4) is 0 Å². The number of carboxylic acids is 1. The van der Waals surface area contributed by atoms with Crippen LogP contribution in [0, 0.1) is 11.3 Å². The van der Waals surface area contributed by atoms with E-state index >= 15 is 0 Å². The van der Waals surface area contributed by atoms with E-state index in [1.54, 1.807) is 0 Å².